The number of hydrogen-bond acceptors (Lipinski definition) is 1. The zero-order valence-corrected chi connectivity index (χ0v) is 30.8. The van der Waals surface area contributed by atoms with Crippen LogP contribution in [-0.4, -0.2) is 4.57 Å². The average Bonchev–Trinajstić information content (AvgIpc) is 3.61. The third-order valence-corrected chi connectivity index (χ3v) is 10.7. The number of benzene rings is 9. The Labute approximate surface area is 327 Å². The number of anilines is 3. The van der Waals surface area contributed by atoms with Crippen molar-refractivity contribution in [2.45, 2.75) is 0 Å². The number of aromatic nitrogens is 1. The normalized spacial score (nSPS) is 11.2. The van der Waals surface area contributed by atoms with E-state index in [1.807, 2.05) is 0 Å². The molecule has 0 saturated heterocycles. The molecule has 1 heterocycles. The lowest BCUT2D eigenvalue weighted by molar-refractivity contribution is 1.18. The summed E-state index contributed by atoms with van der Waals surface area (Å²) in [5.41, 5.74) is 16.4. The fraction of sp³-hybridized carbons (Fsp3) is 0. The van der Waals surface area contributed by atoms with Gasteiger partial charge in [-0.3, -0.25) is 0 Å². The summed E-state index contributed by atoms with van der Waals surface area (Å²) in [4.78, 5) is 2.32. The molecule has 0 aliphatic heterocycles. The first-order chi connectivity index (χ1) is 27.8. The summed E-state index contributed by atoms with van der Waals surface area (Å²) < 4.78 is 2.43. The van der Waals surface area contributed by atoms with E-state index in [1.165, 1.54) is 66.3 Å². The van der Waals surface area contributed by atoms with Crippen LogP contribution in [0.5, 0.6) is 0 Å². The third-order valence-electron chi connectivity index (χ3n) is 10.7. The molecule has 56 heavy (non-hydrogen) atoms. The van der Waals surface area contributed by atoms with E-state index in [-0.39, 0.29) is 0 Å². The molecule has 1 aromatic heterocycles. The van der Waals surface area contributed by atoms with Gasteiger partial charge in [0.2, 0.25) is 0 Å². The van der Waals surface area contributed by atoms with Gasteiger partial charge in [0.15, 0.2) is 0 Å². The molecule has 0 radical (unpaired) electrons. The molecule has 0 unspecified atom stereocenters. The summed E-state index contributed by atoms with van der Waals surface area (Å²) in [6.45, 7) is 0. The topological polar surface area (TPSA) is 8.17 Å². The van der Waals surface area contributed by atoms with Crippen molar-refractivity contribution < 1.29 is 0 Å². The van der Waals surface area contributed by atoms with E-state index in [0.717, 1.165) is 22.7 Å². The highest BCUT2D eigenvalue weighted by molar-refractivity contribution is 6.11. The lowest BCUT2D eigenvalue weighted by atomic mass is 9.93. The van der Waals surface area contributed by atoms with Gasteiger partial charge in [0.1, 0.15) is 0 Å². The quantitative estimate of drug-likeness (QED) is 0.152. The molecule has 10 rings (SSSR count). The fourth-order valence-corrected chi connectivity index (χ4v) is 8.15. The van der Waals surface area contributed by atoms with Gasteiger partial charge in [-0.15, -0.1) is 0 Å². The van der Waals surface area contributed by atoms with E-state index in [9.17, 15) is 0 Å². The lowest BCUT2D eigenvalue weighted by Crippen LogP contribution is -2.09. The van der Waals surface area contributed by atoms with E-state index < -0.39 is 0 Å². The fourth-order valence-electron chi connectivity index (χ4n) is 8.15. The first kappa shape index (κ1) is 33.2. The van der Waals surface area contributed by atoms with Gasteiger partial charge in [-0.25, -0.2) is 0 Å². The first-order valence-electron chi connectivity index (χ1n) is 19.2. The van der Waals surface area contributed by atoms with Crippen molar-refractivity contribution in [1.82, 2.24) is 4.57 Å². The summed E-state index contributed by atoms with van der Waals surface area (Å²) in [6, 6.07) is 83.0. The lowest BCUT2D eigenvalue weighted by Gasteiger charge is -2.26. The molecule has 0 aliphatic carbocycles. The molecule has 264 valence electrons. The zero-order valence-electron chi connectivity index (χ0n) is 30.8. The second kappa shape index (κ2) is 14.4. The second-order valence-electron chi connectivity index (χ2n) is 14.2. The minimum absolute atomic E-state index is 1.11. The molecule has 0 spiro atoms. The highest BCUT2D eigenvalue weighted by atomic mass is 15.1. The van der Waals surface area contributed by atoms with E-state index in [0.29, 0.717) is 0 Å². The van der Waals surface area contributed by atoms with Crippen LogP contribution in [0.15, 0.2) is 231 Å². The minimum Gasteiger partial charge on any atom is -0.310 e. The predicted octanol–water partition coefficient (Wildman–Crippen LogP) is 14.9. The van der Waals surface area contributed by atoms with Crippen molar-refractivity contribution in [2.75, 3.05) is 4.90 Å². The van der Waals surface area contributed by atoms with E-state index in [4.69, 9.17) is 0 Å². The SMILES string of the molecule is c1ccc(-c2cc(-c3ccccc3)cc(-n3c4ccccc4c4cc(-c5ccccc5-c5cccc(N(c6ccccc6)c6ccccc6)c5)ccc43)c2)cc1. The van der Waals surface area contributed by atoms with Crippen LogP contribution in [0.1, 0.15) is 0 Å². The number of nitrogens with zero attached hydrogens (tertiary/aromatic N) is 2. The Hall–Kier alpha value is -7.42. The van der Waals surface area contributed by atoms with Gasteiger partial charge in [0.25, 0.3) is 0 Å². The van der Waals surface area contributed by atoms with Crippen molar-refractivity contribution in [3.05, 3.63) is 231 Å². The van der Waals surface area contributed by atoms with Gasteiger partial charge >= 0.3 is 0 Å². The first-order valence-corrected chi connectivity index (χ1v) is 19.2. The van der Waals surface area contributed by atoms with Crippen LogP contribution in [0.25, 0.3) is 72.0 Å². The Balaban J connectivity index is 1.12. The molecule has 0 atom stereocenters. The average molecular weight is 715 g/mol. The Morgan fingerprint density at radius 3 is 1.34 bits per heavy atom. The van der Waals surface area contributed by atoms with E-state index >= 15 is 0 Å². The van der Waals surface area contributed by atoms with E-state index in [1.54, 1.807) is 0 Å². The second-order valence-corrected chi connectivity index (χ2v) is 14.2. The van der Waals surface area contributed by atoms with Gasteiger partial charge in [0.05, 0.1) is 11.0 Å². The number of para-hydroxylation sites is 3. The molecular weight excluding hydrogens is 677 g/mol. The van der Waals surface area contributed by atoms with Crippen LogP contribution in [0.2, 0.25) is 0 Å². The molecular formula is C54H38N2. The van der Waals surface area contributed by atoms with Crippen molar-refractivity contribution in [3.63, 3.8) is 0 Å². The van der Waals surface area contributed by atoms with Crippen LogP contribution < -0.4 is 4.90 Å². The summed E-state index contributed by atoms with van der Waals surface area (Å²) in [6.07, 6.45) is 0. The summed E-state index contributed by atoms with van der Waals surface area (Å²) in [7, 11) is 0. The summed E-state index contributed by atoms with van der Waals surface area (Å²) in [5, 5.41) is 2.46. The van der Waals surface area contributed by atoms with Crippen LogP contribution in [0.3, 0.4) is 0 Å². The standard InChI is InChI=1S/C54H38N2/c1-5-18-39(19-6-1)43-34-44(40-20-7-2-8-21-40)37-48(36-43)56-53-31-16-15-30-51(53)52-38-42(32-33-54(52)56)50-29-14-13-28-49(50)41-22-17-27-47(35-41)55(45-23-9-3-10-24-45)46-25-11-4-12-26-46/h1-38H. The van der Waals surface area contributed by atoms with Crippen LogP contribution >= 0.6 is 0 Å². The molecule has 0 saturated carbocycles. The minimum atomic E-state index is 1.11. The van der Waals surface area contributed by atoms with Crippen molar-refractivity contribution in [3.8, 4) is 50.2 Å². The Kier molecular flexibility index (Phi) is 8.55. The zero-order chi connectivity index (χ0) is 37.3. The van der Waals surface area contributed by atoms with Gasteiger partial charge in [-0.1, -0.05) is 158 Å². The molecule has 2 nitrogen and oxygen atoms in total. The van der Waals surface area contributed by atoms with Crippen LogP contribution in [-0.2, 0) is 0 Å². The highest BCUT2D eigenvalue weighted by Crippen LogP contribution is 2.41. The van der Waals surface area contributed by atoms with E-state index in [2.05, 4.69) is 240 Å². The Morgan fingerprint density at radius 2 is 0.732 bits per heavy atom. The molecule has 10 aromatic rings. The van der Waals surface area contributed by atoms with Gasteiger partial charge in [-0.2, -0.15) is 0 Å². The largest absolute Gasteiger partial charge is 0.310 e. The molecule has 2 heteroatoms. The molecule has 0 fully saturated rings. The number of hydrogen-bond donors (Lipinski definition) is 0. The Morgan fingerprint density at radius 1 is 0.268 bits per heavy atom. The van der Waals surface area contributed by atoms with Gasteiger partial charge < -0.3 is 9.47 Å². The molecule has 9 aromatic carbocycles. The van der Waals surface area contributed by atoms with Crippen molar-refractivity contribution in [1.29, 1.82) is 0 Å². The number of fused-ring (bicyclic) bond motifs is 3. The maximum atomic E-state index is 2.43. The summed E-state index contributed by atoms with van der Waals surface area (Å²) >= 11 is 0. The Bertz CT molecular complexity index is 2850. The molecule has 0 N–H and O–H groups in total. The predicted molar refractivity (Wildman–Crippen MR) is 237 cm³/mol. The van der Waals surface area contributed by atoms with Gasteiger partial charge in [-0.05, 0) is 117 Å². The van der Waals surface area contributed by atoms with Crippen LogP contribution in [0, 0.1) is 0 Å². The molecule has 0 aliphatic rings. The monoisotopic (exact) mass is 714 g/mol. The van der Waals surface area contributed by atoms with Crippen LogP contribution in [0.4, 0.5) is 17.1 Å². The number of rotatable bonds is 8. The van der Waals surface area contributed by atoms with Gasteiger partial charge in [0, 0.05) is 33.5 Å². The highest BCUT2D eigenvalue weighted by Gasteiger charge is 2.18. The summed E-state index contributed by atoms with van der Waals surface area (Å²) in [5.74, 6) is 0. The maximum absolute atomic E-state index is 2.43. The van der Waals surface area contributed by atoms with Crippen molar-refractivity contribution >= 4 is 38.9 Å². The molecule has 0 bridgehead atoms. The smallest absolute Gasteiger partial charge is 0.0541 e. The van der Waals surface area contributed by atoms with Crippen molar-refractivity contribution in [2.24, 2.45) is 0 Å². The molecule has 0 amide bonds. The maximum Gasteiger partial charge on any atom is 0.0541 e. The third kappa shape index (κ3) is 6.14.